The van der Waals surface area contributed by atoms with Gasteiger partial charge in [-0.05, 0) is 60.9 Å². The maximum absolute atomic E-state index is 9.51. The van der Waals surface area contributed by atoms with E-state index in [1.807, 2.05) is 6.07 Å². The van der Waals surface area contributed by atoms with E-state index < -0.39 is 7.12 Å². The lowest BCUT2D eigenvalue weighted by Crippen LogP contribution is -2.39. The fraction of sp³-hybridized carbons (Fsp3) is 0.625. The molecule has 0 aliphatic carbocycles. The fourth-order valence-electron chi connectivity index (χ4n) is 3.12. The van der Waals surface area contributed by atoms with E-state index in [9.17, 15) is 10.0 Å². The number of hydrogen-bond donors (Lipinski definition) is 2. The molecule has 0 amide bonds. The van der Waals surface area contributed by atoms with E-state index in [0.29, 0.717) is 5.46 Å². The van der Waals surface area contributed by atoms with E-state index in [2.05, 4.69) is 18.7 Å². The average Bonchev–Trinajstić information content (AvgIpc) is 2.47. The van der Waals surface area contributed by atoms with Crippen LogP contribution in [0.4, 0.5) is 0 Å². The zero-order valence-electron chi connectivity index (χ0n) is 13.2. The summed E-state index contributed by atoms with van der Waals surface area (Å²) in [4.78, 5) is 2.39. The molecular formula is C16H26BNO3. The highest BCUT2D eigenvalue weighted by Crippen LogP contribution is 2.25. The van der Waals surface area contributed by atoms with Crippen molar-refractivity contribution >= 4 is 12.6 Å². The molecule has 2 N–H and O–H groups in total. The van der Waals surface area contributed by atoms with Crippen molar-refractivity contribution in [2.75, 3.05) is 20.2 Å². The van der Waals surface area contributed by atoms with Crippen LogP contribution in [0.5, 0.6) is 5.75 Å². The smallest absolute Gasteiger partial charge is 0.488 e. The van der Waals surface area contributed by atoms with E-state index in [1.165, 1.54) is 12.8 Å². The second-order valence-electron chi connectivity index (χ2n) is 6.30. The molecule has 1 aliphatic rings. The topological polar surface area (TPSA) is 52.9 Å². The zero-order chi connectivity index (χ0) is 15.4. The summed E-state index contributed by atoms with van der Waals surface area (Å²) >= 11 is 0. The van der Waals surface area contributed by atoms with Crippen LogP contribution >= 0.6 is 0 Å². The molecule has 0 atom stereocenters. The van der Waals surface area contributed by atoms with Gasteiger partial charge in [0.1, 0.15) is 5.75 Å². The molecule has 21 heavy (non-hydrogen) atoms. The van der Waals surface area contributed by atoms with Gasteiger partial charge in [-0.15, -0.1) is 0 Å². The largest absolute Gasteiger partial charge is 0.497 e. The van der Waals surface area contributed by atoms with Crippen molar-refractivity contribution in [1.29, 1.82) is 0 Å². The van der Waals surface area contributed by atoms with E-state index in [-0.39, 0.29) is 0 Å². The molecule has 116 valence electrons. The van der Waals surface area contributed by atoms with Gasteiger partial charge in [-0.2, -0.15) is 0 Å². The minimum absolute atomic E-state index is 0.571. The van der Waals surface area contributed by atoms with Crippen LogP contribution in [0.2, 0.25) is 0 Å². The maximum atomic E-state index is 9.51. The quantitative estimate of drug-likeness (QED) is 0.802. The first-order chi connectivity index (χ1) is 10.0. The van der Waals surface area contributed by atoms with Gasteiger partial charge in [0.05, 0.1) is 7.11 Å². The molecule has 1 heterocycles. The summed E-state index contributed by atoms with van der Waals surface area (Å²) in [5, 5.41) is 19.0. The molecule has 1 aliphatic heterocycles. The number of nitrogens with zero attached hydrogens (tertiary/aromatic N) is 1. The van der Waals surface area contributed by atoms with Gasteiger partial charge in [0, 0.05) is 6.54 Å². The lowest BCUT2D eigenvalue weighted by Gasteiger charge is -2.34. The predicted octanol–water partition coefficient (Wildman–Crippen LogP) is 1.24. The maximum Gasteiger partial charge on any atom is 0.488 e. The van der Waals surface area contributed by atoms with Crippen LogP contribution < -0.4 is 10.2 Å². The van der Waals surface area contributed by atoms with Crippen molar-refractivity contribution in [3.8, 4) is 5.75 Å². The minimum Gasteiger partial charge on any atom is -0.497 e. The summed E-state index contributed by atoms with van der Waals surface area (Å²) in [5.74, 6) is 2.32. The first kappa shape index (κ1) is 16.3. The molecule has 4 nitrogen and oxygen atoms in total. The van der Waals surface area contributed by atoms with E-state index in [1.54, 1.807) is 19.2 Å². The van der Waals surface area contributed by atoms with Gasteiger partial charge >= 0.3 is 7.12 Å². The molecular weight excluding hydrogens is 265 g/mol. The number of piperidine rings is 1. The standard InChI is InChI=1S/C16H26BNO3/c1-12(2)13-6-8-18(9-7-13)11-14-10-15(21-3)4-5-16(14)17(19)20/h4-5,10,12-13,19-20H,6-9,11H2,1-3H3. The Kier molecular flexibility index (Phi) is 5.68. The predicted molar refractivity (Wildman–Crippen MR) is 85.7 cm³/mol. The molecule has 2 rings (SSSR count). The van der Waals surface area contributed by atoms with Crippen molar-refractivity contribution in [3.05, 3.63) is 23.8 Å². The van der Waals surface area contributed by atoms with Crippen LogP contribution in [0.1, 0.15) is 32.3 Å². The van der Waals surface area contributed by atoms with E-state index in [0.717, 1.165) is 42.8 Å². The second-order valence-corrected chi connectivity index (χ2v) is 6.30. The van der Waals surface area contributed by atoms with Gasteiger partial charge in [-0.1, -0.05) is 19.9 Å². The highest BCUT2D eigenvalue weighted by molar-refractivity contribution is 6.59. The molecule has 0 unspecified atom stereocenters. The summed E-state index contributed by atoms with van der Waals surface area (Å²) < 4.78 is 5.25. The van der Waals surface area contributed by atoms with Gasteiger partial charge in [-0.3, -0.25) is 4.90 Å². The lowest BCUT2D eigenvalue weighted by molar-refractivity contribution is 0.152. The van der Waals surface area contributed by atoms with Crippen LogP contribution in [0.25, 0.3) is 0 Å². The third kappa shape index (κ3) is 4.22. The number of ether oxygens (including phenoxy) is 1. The summed E-state index contributed by atoms with van der Waals surface area (Å²) in [5.41, 5.74) is 1.51. The molecule has 1 aromatic rings. The van der Waals surface area contributed by atoms with Crippen molar-refractivity contribution in [2.45, 2.75) is 33.2 Å². The molecule has 0 saturated carbocycles. The van der Waals surface area contributed by atoms with Gasteiger partial charge in [-0.25, -0.2) is 0 Å². The Hall–Kier alpha value is -1.04. The summed E-state index contributed by atoms with van der Waals surface area (Å²) in [6.07, 6.45) is 2.44. The SMILES string of the molecule is COc1ccc(B(O)O)c(CN2CCC(C(C)C)CC2)c1. The second kappa shape index (κ2) is 7.30. The number of rotatable bonds is 5. The van der Waals surface area contributed by atoms with E-state index in [4.69, 9.17) is 4.74 Å². The normalized spacial score (nSPS) is 17.2. The summed E-state index contributed by atoms with van der Waals surface area (Å²) in [6.45, 7) is 7.47. The summed E-state index contributed by atoms with van der Waals surface area (Å²) in [7, 11) is 0.196. The highest BCUT2D eigenvalue weighted by atomic mass is 16.5. The Morgan fingerprint density at radius 2 is 1.95 bits per heavy atom. The fourth-order valence-corrected chi connectivity index (χ4v) is 3.12. The lowest BCUT2D eigenvalue weighted by atomic mass is 9.76. The Labute approximate surface area is 127 Å². The summed E-state index contributed by atoms with van der Waals surface area (Å²) in [6, 6.07) is 5.41. The Morgan fingerprint density at radius 3 is 2.48 bits per heavy atom. The highest BCUT2D eigenvalue weighted by Gasteiger charge is 2.23. The third-order valence-corrected chi connectivity index (χ3v) is 4.60. The molecule has 0 spiro atoms. The average molecular weight is 291 g/mol. The first-order valence-corrected chi connectivity index (χ1v) is 7.76. The van der Waals surface area contributed by atoms with Crippen molar-refractivity contribution in [2.24, 2.45) is 11.8 Å². The first-order valence-electron chi connectivity index (χ1n) is 7.76. The Bertz CT molecular complexity index is 457. The van der Waals surface area contributed by atoms with Crippen LogP contribution in [0, 0.1) is 11.8 Å². The van der Waals surface area contributed by atoms with E-state index >= 15 is 0 Å². The zero-order valence-corrected chi connectivity index (χ0v) is 13.2. The van der Waals surface area contributed by atoms with Crippen LogP contribution in [0.15, 0.2) is 18.2 Å². The molecule has 1 saturated heterocycles. The van der Waals surface area contributed by atoms with Gasteiger partial charge in [0.25, 0.3) is 0 Å². The third-order valence-electron chi connectivity index (χ3n) is 4.60. The number of likely N-dealkylation sites (tertiary alicyclic amines) is 1. The minimum atomic E-state index is -1.43. The monoisotopic (exact) mass is 291 g/mol. The van der Waals surface area contributed by atoms with Crippen molar-refractivity contribution in [1.82, 2.24) is 4.90 Å². The van der Waals surface area contributed by atoms with Crippen LogP contribution in [-0.4, -0.2) is 42.3 Å². The molecule has 0 radical (unpaired) electrons. The molecule has 1 fully saturated rings. The van der Waals surface area contributed by atoms with Crippen LogP contribution in [0.3, 0.4) is 0 Å². The Morgan fingerprint density at radius 1 is 1.29 bits per heavy atom. The molecule has 0 aromatic heterocycles. The van der Waals surface area contributed by atoms with Gasteiger partial charge < -0.3 is 14.8 Å². The molecule has 0 bridgehead atoms. The number of benzene rings is 1. The number of hydrogen-bond acceptors (Lipinski definition) is 4. The molecule has 1 aromatic carbocycles. The van der Waals surface area contributed by atoms with Crippen molar-refractivity contribution in [3.63, 3.8) is 0 Å². The van der Waals surface area contributed by atoms with Gasteiger partial charge in [0.2, 0.25) is 0 Å². The number of methoxy groups -OCH3 is 1. The Balaban J connectivity index is 2.05. The van der Waals surface area contributed by atoms with Crippen LogP contribution in [-0.2, 0) is 6.54 Å². The molecule has 5 heteroatoms. The van der Waals surface area contributed by atoms with Crippen molar-refractivity contribution < 1.29 is 14.8 Å². The van der Waals surface area contributed by atoms with Gasteiger partial charge in [0.15, 0.2) is 0 Å².